The molecule has 1 aliphatic rings. The third-order valence-electron chi connectivity index (χ3n) is 3.86. The second-order valence-electron chi connectivity index (χ2n) is 6.89. The van der Waals surface area contributed by atoms with Crippen molar-refractivity contribution in [3.8, 4) is 0 Å². The molecule has 0 spiro atoms. The van der Waals surface area contributed by atoms with Crippen LogP contribution in [0.1, 0.15) is 33.0 Å². The van der Waals surface area contributed by atoms with Crippen LogP contribution in [0.3, 0.4) is 0 Å². The number of hydrogen-bond acceptors (Lipinski definition) is 8. The topological polar surface area (TPSA) is 97.1 Å². The molecule has 2 aromatic rings. The second-order valence-corrected chi connectivity index (χ2v) is 7.62. The fourth-order valence-electron chi connectivity index (χ4n) is 2.49. The molecule has 0 amide bonds. The minimum Gasteiger partial charge on any atom is -0.365 e. The van der Waals surface area contributed by atoms with Gasteiger partial charge in [0.1, 0.15) is 17.8 Å². The first-order valence-corrected chi connectivity index (χ1v) is 8.56. The molecule has 1 unspecified atom stereocenters. The molecule has 3 heterocycles. The van der Waals surface area contributed by atoms with Crippen LogP contribution < -0.4 is 10.2 Å². The van der Waals surface area contributed by atoms with Crippen LogP contribution in [0, 0.1) is 10.1 Å². The number of nitrogens with one attached hydrogen (secondary N) is 1. The summed E-state index contributed by atoms with van der Waals surface area (Å²) in [5, 5.41) is 14.9. The molecule has 1 saturated heterocycles. The predicted octanol–water partition coefficient (Wildman–Crippen LogP) is 2.83. The largest absolute Gasteiger partial charge is 0.365 e. The summed E-state index contributed by atoms with van der Waals surface area (Å²) in [5.41, 5.74) is -0.0494. The Morgan fingerprint density at radius 1 is 1.42 bits per heavy atom. The van der Waals surface area contributed by atoms with Gasteiger partial charge in [-0.3, -0.25) is 10.1 Å². The van der Waals surface area contributed by atoms with E-state index in [1.165, 1.54) is 23.8 Å². The second kappa shape index (κ2) is 6.31. The van der Waals surface area contributed by atoms with Crippen molar-refractivity contribution < 1.29 is 4.92 Å². The monoisotopic (exact) mass is 348 g/mol. The van der Waals surface area contributed by atoms with Crippen LogP contribution in [0.25, 0.3) is 0 Å². The third kappa shape index (κ3) is 3.61. The number of rotatable bonds is 4. The van der Waals surface area contributed by atoms with Gasteiger partial charge in [-0.15, -0.1) is 0 Å². The van der Waals surface area contributed by atoms with E-state index in [9.17, 15) is 10.1 Å². The Balaban J connectivity index is 1.61. The van der Waals surface area contributed by atoms with Gasteiger partial charge in [-0.1, -0.05) is 20.8 Å². The van der Waals surface area contributed by atoms with Crippen molar-refractivity contribution >= 4 is 28.2 Å². The van der Waals surface area contributed by atoms with E-state index < -0.39 is 4.92 Å². The van der Waals surface area contributed by atoms with Crippen LogP contribution in [0.15, 0.2) is 18.3 Å². The first-order chi connectivity index (χ1) is 11.3. The zero-order valence-electron chi connectivity index (χ0n) is 13.9. The van der Waals surface area contributed by atoms with E-state index in [4.69, 9.17) is 0 Å². The summed E-state index contributed by atoms with van der Waals surface area (Å²) in [6, 6.07) is 3.34. The van der Waals surface area contributed by atoms with E-state index in [-0.39, 0.29) is 17.1 Å². The Morgan fingerprint density at radius 2 is 2.21 bits per heavy atom. The third-order valence-corrected chi connectivity index (χ3v) is 4.63. The molecule has 2 aromatic heterocycles. The molecular formula is C15H20N6O2S. The van der Waals surface area contributed by atoms with Crippen molar-refractivity contribution in [2.45, 2.75) is 38.6 Å². The van der Waals surface area contributed by atoms with Gasteiger partial charge in [-0.2, -0.15) is 4.37 Å². The van der Waals surface area contributed by atoms with Crippen molar-refractivity contribution in [1.82, 2.24) is 14.3 Å². The van der Waals surface area contributed by atoms with Crippen LogP contribution in [-0.4, -0.2) is 38.4 Å². The van der Waals surface area contributed by atoms with Gasteiger partial charge in [0.2, 0.25) is 5.13 Å². The molecule has 1 aliphatic heterocycles. The van der Waals surface area contributed by atoms with Crippen molar-refractivity contribution in [2.24, 2.45) is 0 Å². The molecule has 0 radical (unpaired) electrons. The van der Waals surface area contributed by atoms with E-state index in [0.29, 0.717) is 5.82 Å². The van der Waals surface area contributed by atoms with Gasteiger partial charge in [0, 0.05) is 42.1 Å². The Bertz CT molecular complexity index is 724. The first kappa shape index (κ1) is 16.6. The summed E-state index contributed by atoms with van der Waals surface area (Å²) >= 11 is 1.43. The van der Waals surface area contributed by atoms with Gasteiger partial charge in [0.05, 0.1) is 4.92 Å². The van der Waals surface area contributed by atoms with E-state index in [2.05, 4.69) is 45.3 Å². The lowest BCUT2D eigenvalue weighted by Gasteiger charge is -2.16. The summed E-state index contributed by atoms with van der Waals surface area (Å²) in [7, 11) is 0. The summed E-state index contributed by atoms with van der Waals surface area (Å²) in [6.45, 7) is 8.04. The molecule has 9 heteroatoms. The summed E-state index contributed by atoms with van der Waals surface area (Å²) in [5.74, 6) is 1.52. The van der Waals surface area contributed by atoms with E-state index in [0.717, 1.165) is 30.5 Å². The van der Waals surface area contributed by atoms with E-state index >= 15 is 0 Å². The van der Waals surface area contributed by atoms with Gasteiger partial charge in [0.15, 0.2) is 0 Å². The molecule has 1 atom stereocenters. The highest BCUT2D eigenvalue weighted by Crippen LogP contribution is 2.28. The standard InChI is InChI=1S/C15H20N6O2S/c1-15(2,3)13-18-14(24-19-13)20-7-6-10(9-20)17-12-5-4-11(8-16-12)21(22)23/h4-5,8,10H,6-7,9H2,1-3H3,(H,16,17). The van der Waals surface area contributed by atoms with Crippen LogP contribution in [0.4, 0.5) is 16.6 Å². The maximum Gasteiger partial charge on any atom is 0.287 e. The molecule has 0 aliphatic carbocycles. The lowest BCUT2D eigenvalue weighted by atomic mass is 9.96. The van der Waals surface area contributed by atoms with E-state index in [1.807, 2.05) is 0 Å². The van der Waals surface area contributed by atoms with Gasteiger partial charge < -0.3 is 10.2 Å². The average molecular weight is 348 g/mol. The normalized spacial score (nSPS) is 18.0. The van der Waals surface area contributed by atoms with Crippen molar-refractivity contribution in [2.75, 3.05) is 23.3 Å². The average Bonchev–Trinajstić information content (AvgIpc) is 3.15. The Morgan fingerprint density at radius 3 is 2.79 bits per heavy atom. The van der Waals surface area contributed by atoms with Crippen molar-refractivity contribution in [3.05, 3.63) is 34.3 Å². The molecular weight excluding hydrogens is 328 g/mol. The fraction of sp³-hybridized carbons (Fsp3) is 0.533. The lowest BCUT2D eigenvalue weighted by molar-refractivity contribution is -0.385. The van der Waals surface area contributed by atoms with Gasteiger partial charge in [-0.05, 0) is 12.5 Å². The lowest BCUT2D eigenvalue weighted by Crippen LogP contribution is -2.26. The molecule has 24 heavy (non-hydrogen) atoms. The van der Waals surface area contributed by atoms with E-state index in [1.54, 1.807) is 6.07 Å². The van der Waals surface area contributed by atoms with Crippen LogP contribution >= 0.6 is 11.5 Å². The molecule has 3 rings (SSSR count). The highest BCUT2D eigenvalue weighted by Gasteiger charge is 2.27. The Kier molecular flexibility index (Phi) is 4.35. The molecule has 0 aromatic carbocycles. The Hall–Kier alpha value is -2.29. The zero-order valence-corrected chi connectivity index (χ0v) is 14.7. The van der Waals surface area contributed by atoms with Crippen molar-refractivity contribution in [3.63, 3.8) is 0 Å². The van der Waals surface area contributed by atoms with Crippen molar-refractivity contribution in [1.29, 1.82) is 0 Å². The van der Waals surface area contributed by atoms with Crippen LogP contribution in [0.5, 0.6) is 0 Å². The smallest absolute Gasteiger partial charge is 0.287 e. The maximum atomic E-state index is 10.7. The van der Waals surface area contributed by atoms with Crippen LogP contribution in [-0.2, 0) is 5.41 Å². The first-order valence-electron chi connectivity index (χ1n) is 7.79. The van der Waals surface area contributed by atoms with Gasteiger partial charge in [-0.25, -0.2) is 9.97 Å². The maximum absolute atomic E-state index is 10.7. The molecule has 8 nitrogen and oxygen atoms in total. The Labute approximate surface area is 144 Å². The number of aromatic nitrogens is 3. The summed E-state index contributed by atoms with van der Waals surface area (Å²) < 4.78 is 4.46. The highest BCUT2D eigenvalue weighted by molar-refractivity contribution is 7.09. The SMILES string of the molecule is CC(C)(C)c1nsc(N2CCC(Nc3ccc([N+](=O)[O-])cn3)C2)n1. The minimum absolute atomic E-state index is 0.00262. The number of hydrogen-bond donors (Lipinski definition) is 1. The number of nitro groups is 1. The number of pyridine rings is 1. The van der Waals surface area contributed by atoms with Crippen LogP contribution in [0.2, 0.25) is 0 Å². The minimum atomic E-state index is -0.448. The summed E-state index contributed by atoms with van der Waals surface area (Å²) in [6.07, 6.45) is 2.23. The quantitative estimate of drug-likeness (QED) is 0.670. The molecule has 1 fully saturated rings. The zero-order chi connectivity index (χ0) is 17.3. The number of nitrogens with zero attached hydrogens (tertiary/aromatic N) is 5. The number of anilines is 2. The molecule has 0 saturated carbocycles. The fourth-order valence-corrected chi connectivity index (χ4v) is 3.38. The molecule has 128 valence electrons. The van der Waals surface area contributed by atoms with Gasteiger partial charge >= 0.3 is 0 Å². The predicted molar refractivity (Wildman–Crippen MR) is 93.7 cm³/mol. The highest BCUT2D eigenvalue weighted by atomic mass is 32.1. The molecule has 0 bridgehead atoms. The summed E-state index contributed by atoms with van der Waals surface area (Å²) in [4.78, 5) is 21.2. The molecule has 1 N–H and O–H groups in total. The van der Waals surface area contributed by atoms with Gasteiger partial charge in [0.25, 0.3) is 5.69 Å².